The fourth-order valence-corrected chi connectivity index (χ4v) is 1.59. The van der Waals surface area contributed by atoms with Crippen LogP contribution >= 0.6 is 0 Å². The van der Waals surface area contributed by atoms with Crippen LogP contribution in [0.4, 0.5) is 0 Å². The Morgan fingerprint density at radius 1 is 1.35 bits per heavy atom. The van der Waals surface area contributed by atoms with Gasteiger partial charge in [-0.1, -0.05) is 6.92 Å². The number of carbonyl (C=O) groups excluding carboxylic acids is 2. The monoisotopic (exact) mass is 236 g/mol. The zero-order valence-electron chi connectivity index (χ0n) is 10.8. The highest BCUT2D eigenvalue weighted by Gasteiger charge is 2.06. The van der Waals surface area contributed by atoms with E-state index in [2.05, 4.69) is 0 Å². The van der Waals surface area contributed by atoms with Crippen molar-refractivity contribution in [2.75, 3.05) is 14.1 Å². The molecule has 4 nitrogen and oxygen atoms in total. The minimum Gasteiger partial charge on any atom is -0.353 e. The molecular formula is C13H20N2O2. The van der Waals surface area contributed by atoms with Crippen LogP contribution in [0.5, 0.6) is 0 Å². The molecule has 0 bridgehead atoms. The molecule has 0 atom stereocenters. The Labute approximate surface area is 102 Å². The van der Waals surface area contributed by atoms with E-state index in [0.29, 0.717) is 12.8 Å². The maximum atomic E-state index is 11.4. The summed E-state index contributed by atoms with van der Waals surface area (Å²) in [6.07, 6.45) is 5.62. The van der Waals surface area contributed by atoms with Crippen molar-refractivity contribution in [2.45, 2.75) is 32.7 Å². The first-order valence-electron chi connectivity index (χ1n) is 5.93. The van der Waals surface area contributed by atoms with E-state index >= 15 is 0 Å². The van der Waals surface area contributed by atoms with Gasteiger partial charge in [-0.3, -0.25) is 9.59 Å². The second kappa shape index (κ2) is 6.23. The molecule has 0 aromatic carbocycles. The van der Waals surface area contributed by atoms with Crippen LogP contribution in [0.15, 0.2) is 18.5 Å². The third kappa shape index (κ3) is 4.06. The molecule has 4 heteroatoms. The third-order valence-corrected chi connectivity index (χ3v) is 2.70. The summed E-state index contributed by atoms with van der Waals surface area (Å²) in [4.78, 5) is 24.4. The van der Waals surface area contributed by atoms with Gasteiger partial charge in [-0.2, -0.15) is 0 Å². The van der Waals surface area contributed by atoms with E-state index in [0.717, 1.165) is 18.5 Å². The number of Topliss-reactive ketones (excluding diaryl/α,β-unsaturated/α-hetero) is 1. The minimum atomic E-state index is 0.141. The average Bonchev–Trinajstić information content (AvgIpc) is 2.76. The van der Waals surface area contributed by atoms with Gasteiger partial charge in [0.1, 0.15) is 0 Å². The van der Waals surface area contributed by atoms with Crippen molar-refractivity contribution in [3.63, 3.8) is 0 Å². The molecule has 1 aromatic heterocycles. The molecule has 0 saturated heterocycles. The lowest BCUT2D eigenvalue weighted by atomic mass is 10.2. The quantitative estimate of drug-likeness (QED) is 0.708. The van der Waals surface area contributed by atoms with E-state index in [1.54, 1.807) is 19.0 Å². The molecule has 0 fully saturated rings. The van der Waals surface area contributed by atoms with Gasteiger partial charge in [0.2, 0.25) is 5.91 Å². The van der Waals surface area contributed by atoms with Crippen molar-refractivity contribution in [2.24, 2.45) is 0 Å². The smallest absolute Gasteiger partial charge is 0.222 e. The lowest BCUT2D eigenvalue weighted by Gasteiger charge is -2.09. The summed E-state index contributed by atoms with van der Waals surface area (Å²) in [7, 11) is 3.52. The molecule has 1 rings (SSSR count). The predicted molar refractivity (Wildman–Crippen MR) is 67.0 cm³/mol. The van der Waals surface area contributed by atoms with Gasteiger partial charge < -0.3 is 9.47 Å². The molecule has 94 valence electrons. The topological polar surface area (TPSA) is 42.3 Å². The summed E-state index contributed by atoms with van der Waals surface area (Å²) >= 11 is 0. The number of nitrogens with zero attached hydrogens (tertiary/aromatic N) is 2. The van der Waals surface area contributed by atoms with E-state index in [1.165, 1.54) is 0 Å². The predicted octanol–water partition coefficient (Wildman–Crippen LogP) is 1.95. The molecule has 0 aliphatic heterocycles. The molecule has 0 aliphatic carbocycles. The van der Waals surface area contributed by atoms with E-state index in [9.17, 15) is 9.59 Å². The maximum Gasteiger partial charge on any atom is 0.222 e. The number of ketones is 1. The summed E-state index contributed by atoms with van der Waals surface area (Å²) in [5.41, 5.74) is 0.756. The van der Waals surface area contributed by atoms with Crippen LogP contribution in [-0.4, -0.2) is 35.3 Å². The Balaban J connectivity index is 2.40. The molecular weight excluding hydrogens is 216 g/mol. The molecule has 0 aliphatic rings. The Kier molecular flexibility index (Phi) is 4.94. The minimum absolute atomic E-state index is 0.141. The highest BCUT2D eigenvalue weighted by atomic mass is 16.2. The highest BCUT2D eigenvalue weighted by Crippen LogP contribution is 2.06. The second-order valence-corrected chi connectivity index (χ2v) is 4.31. The van der Waals surface area contributed by atoms with Crippen LogP contribution in [0.1, 0.15) is 36.5 Å². The molecule has 1 amide bonds. The SMILES string of the molecule is CCC(=O)c1ccn(CCCC(=O)N(C)C)c1. The Bertz CT molecular complexity index is 394. The van der Waals surface area contributed by atoms with E-state index < -0.39 is 0 Å². The van der Waals surface area contributed by atoms with Gasteiger partial charge in [0.25, 0.3) is 0 Å². The number of aryl methyl sites for hydroxylation is 1. The van der Waals surface area contributed by atoms with Crippen LogP contribution in [0.25, 0.3) is 0 Å². The number of amides is 1. The molecule has 0 spiro atoms. The first-order valence-corrected chi connectivity index (χ1v) is 5.93. The fraction of sp³-hybridized carbons (Fsp3) is 0.538. The van der Waals surface area contributed by atoms with Gasteiger partial charge in [0.05, 0.1) is 0 Å². The summed E-state index contributed by atoms with van der Waals surface area (Å²) in [6, 6.07) is 1.83. The average molecular weight is 236 g/mol. The Hall–Kier alpha value is -1.58. The first-order chi connectivity index (χ1) is 8.04. The zero-order chi connectivity index (χ0) is 12.8. The number of carbonyl (C=O) groups is 2. The Morgan fingerprint density at radius 3 is 2.65 bits per heavy atom. The van der Waals surface area contributed by atoms with Crippen molar-refractivity contribution in [3.8, 4) is 0 Å². The highest BCUT2D eigenvalue weighted by molar-refractivity contribution is 5.95. The lowest BCUT2D eigenvalue weighted by Crippen LogP contribution is -2.21. The van der Waals surface area contributed by atoms with Crippen LogP contribution in [0.3, 0.4) is 0 Å². The van der Waals surface area contributed by atoms with Crippen LogP contribution in [-0.2, 0) is 11.3 Å². The molecule has 0 saturated carbocycles. The van der Waals surface area contributed by atoms with Gasteiger partial charge in [0, 0.05) is 51.4 Å². The standard InChI is InChI=1S/C13H20N2O2/c1-4-12(16)11-7-9-15(10-11)8-5-6-13(17)14(2)3/h7,9-10H,4-6,8H2,1-3H3. The van der Waals surface area contributed by atoms with E-state index in [-0.39, 0.29) is 11.7 Å². The van der Waals surface area contributed by atoms with E-state index in [4.69, 9.17) is 0 Å². The lowest BCUT2D eigenvalue weighted by molar-refractivity contribution is -0.128. The van der Waals surface area contributed by atoms with Crippen molar-refractivity contribution >= 4 is 11.7 Å². The van der Waals surface area contributed by atoms with E-state index in [1.807, 2.05) is 30.0 Å². The molecule has 0 radical (unpaired) electrons. The number of hydrogen-bond donors (Lipinski definition) is 0. The van der Waals surface area contributed by atoms with Gasteiger partial charge in [-0.15, -0.1) is 0 Å². The van der Waals surface area contributed by atoms with Crippen LogP contribution in [0, 0.1) is 0 Å². The summed E-state index contributed by atoms with van der Waals surface area (Å²) in [5, 5.41) is 0. The number of hydrogen-bond acceptors (Lipinski definition) is 2. The normalized spacial score (nSPS) is 10.3. The van der Waals surface area contributed by atoms with Gasteiger partial charge in [-0.05, 0) is 12.5 Å². The fourth-order valence-electron chi connectivity index (χ4n) is 1.59. The summed E-state index contributed by atoms with van der Waals surface area (Å²) < 4.78 is 1.96. The van der Waals surface area contributed by atoms with Crippen LogP contribution in [0.2, 0.25) is 0 Å². The van der Waals surface area contributed by atoms with Crippen molar-refractivity contribution in [1.82, 2.24) is 9.47 Å². The van der Waals surface area contributed by atoms with Gasteiger partial charge in [-0.25, -0.2) is 0 Å². The summed E-state index contributed by atoms with van der Waals surface area (Å²) in [5.74, 6) is 0.301. The zero-order valence-corrected chi connectivity index (χ0v) is 10.8. The molecule has 1 heterocycles. The molecule has 0 unspecified atom stereocenters. The van der Waals surface area contributed by atoms with Crippen molar-refractivity contribution in [3.05, 3.63) is 24.0 Å². The van der Waals surface area contributed by atoms with Crippen molar-refractivity contribution in [1.29, 1.82) is 0 Å². The number of aromatic nitrogens is 1. The second-order valence-electron chi connectivity index (χ2n) is 4.31. The van der Waals surface area contributed by atoms with Crippen LogP contribution < -0.4 is 0 Å². The summed E-state index contributed by atoms with van der Waals surface area (Å²) in [6.45, 7) is 2.63. The number of rotatable bonds is 6. The van der Waals surface area contributed by atoms with Gasteiger partial charge in [0.15, 0.2) is 5.78 Å². The molecule has 17 heavy (non-hydrogen) atoms. The Morgan fingerprint density at radius 2 is 2.06 bits per heavy atom. The third-order valence-electron chi connectivity index (χ3n) is 2.70. The largest absolute Gasteiger partial charge is 0.353 e. The molecule has 0 N–H and O–H groups in total. The van der Waals surface area contributed by atoms with Crippen molar-refractivity contribution < 1.29 is 9.59 Å². The molecule has 1 aromatic rings. The van der Waals surface area contributed by atoms with Gasteiger partial charge >= 0.3 is 0 Å². The maximum absolute atomic E-state index is 11.4. The first kappa shape index (κ1) is 13.5.